The van der Waals surface area contributed by atoms with E-state index in [1.165, 1.54) is 27.5 Å². The molecule has 0 saturated heterocycles. The van der Waals surface area contributed by atoms with Gasteiger partial charge in [-0.05, 0) is 13.8 Å². The maximum atomic E-state index is 12.1. The van der Waals surface area contributed by atoms with Gasteiger partial charge in [-0.3, -0.25) is 4.79 Å². The summed E-state index contributed by atoms with van der Waals surface area (Å²) in [4.78, 5) is 27.3. The second-order valence-corrected chi connectivity index (χ2v) is 5.67. The van der Waals surface area contributed by atoms with E-state index in [0.717, 1.165) is 11.1 Å². The predicted octanol–water partition coefficient (Wildman–Crippen LogP) is 2.82. The van der Waals surface area contributed by atoms with E-state index < -0.39 is 6.10 Å². The number of nitrogens with zero attached hydrogens (tertiary/aromatic N) is 3. The number of hydrogen-bond donors (Lipinski definition) is 1. The van der Waals surface area contributed by atoms with Crippen LogP contribution in [0.2, 0.25) is 0 Å². The van der Waals surface area contributed by atoms with Gasteiger partial charge in [0.15, 0.2) is 5.71 Å². The fourth-order valence-electron chi connectivity index (χ4n) is 2.26. The Morgan fingerprint density at radius 3 is 2.52 bits per heavy atom. The molecule has 1 atom stereocenters. The SMILES string of the molecule is C=C(C)CC(C=NOC(C)c1ccccc1C(=NOC)C(=O)NC)=NOC. The number of benzene rings is 1. The van der Waals surface area contributed by atoms with Gasteiger partial charge in [0.2, 0.25) is 0 Å². The molecule has 0 saturated carbocycles. The molecule has 0 spiro atoms. The number of amides is 1. The number of hydrogen-bond acceptors (Lipinski definition) is 7. The van der Waals surface area contributed by atoms with Gasteiger partial charge in [-0.2, -0.15) is 0 Å². The molecule has 1 amide bonds. The molecule has 0 bridgehead atoms. The summed E-state index contributed by atoms with van der Waals surface area (Å²) < 4.78 is 0. The lowest BCUT2D eigenvalue weighted by Crippen LogP contribution is -2.29. The number of allylic oxidation sites excluding steroid dienone is 1. The molecule has 146 valence electrons. The summed E-state index contributed by atoms with van der Waals surface area (Å²) in [6, 6.07) is 7.25. The van der Waals surface area contributed by atoms with Crippen molar-refractivity contribution in [3.63, 3.8) is 0 Å². The van der Waals surface area contributed by atoms with Gasteiger partial charge in [-0.1, -0.05) is 51.9 Å². The number of carbonyl (C=O) groups is 1. The second kappa shape index (κ2) is 11.5. The Hall–Kier alpha value is -3.16. The van der Waals surface area contributed by atoms with Crippen molar-refractivity contribution in [1.82, 2.24) is 5.32 Å². The average molecular weight is 374 g/mol. The zero-order valence-corrected chi connectivity index (χ0v) is 16.4. The van der Waals surface area contributed by atoms with Gasteiger partial charge in [0, 0.05) is 24.6 Å². The van der Waals surface area contributed by atoms with Gasteiger partial charge in [0.05, 0.1) is 6.21 Å². The minimum absolute atomic E-state index is 0.152. The second-order valence-electron chi connectivity index (χ2n) is 5.67. The molecule has 0 radical (unpaired) electrons. The van der Waals surface area contributed by atoms with Crippen molar-refractivity contribution in [2.45, 2.75) is 26.4 Å². The molecule has 0 heterocycles. The molecule has 0 aromatic heterocycles. The summed E-state index contributed by atoms with van der Waals surface area (Å²) in [7, 11) is 4.37. The summed E-state index contributed by atoms with van der Waals surface area (Å²) in [5.41, 5.74) is 2.98. The Morgan fingerprint density at radius 1 is 1.26 bits per heavy atom. The topological polar surface area (TPSA) is 93.9 Å². The fourth-order valence-corrected chi connectivity index (χ4v) is 2.26. The quantitative estimate of drug-likeness (QED) is 0.387. The molecular weight excluding hydrogens is 348 g/mol. The maximum Gasteiger partial charge on any atom is 0.273 e. The van der Waals surface area contributed by atoms with E-state index in [0.29, 0.717) is 17.7 Å². The highest BCUT2D eigenvalue weighted by Gasteiger charge is 2.20. The first-order valence-corrected chi connectivity index (χ1v) is 8.30. The zero-order chi connectivity index (χ0) is 20.2. The van der Waals surface area contributed by atoms with Crippen molar-refractivity contribution >= 4 is 23.5 Å². The molecule has 1 aromatic rings. The number of oxime groups is 3. The lowest BCUT2D eigenvalue weighted by atomic mass is 9.99. The third-order valence-electron chi connectivity index (χ3n) is 3.39. The van der Waals surface area contributed by atoms with E-state index in [1.54, 1.807) is 12.1 Å². The van der Waals surface area contributed by atoms with E-state index in [9.17, 15) is 4.79 Å². The number of likely N-dealkylation sites (N-methyl/N-ethyl adjacent to an activating group) is 1. The van der Waals surface area contributed by atoms with Gasteiger partial charge in [0.1, 0.15) is 26.0 Å². The van der Waals surface area contributed by atoms with Crippen LogP contribution in [-0.4, -0.2) is 44.8 Å². The Morgan fingerprint density at radius 2 is 1.93 bits per heavy atom. The van der Waals surface area contributed by atoms with E-state index in [4.69, 9.17) is 14.5 Å². The molecule has 0 fully saturated rings. The first-order chi connectivity index (χ1) is 12.9. The molecule has 0 aliphatic heterocycles. The molecule has 1 rings (SSSR count). The molecular formula is C19H26N4O4. The van der Waals surface area contributed by atoms with Crippen LogP contribution >= 0.6 is 0 Å². The van der Waals surface area contributed by atoms with Crippen LogP contribution in [0.3, 0.4) is 0 Å². The van der Waals surface area contributed by atoms with Gasteiger partial charge in [-0.25, -0.2) is 0 Å². The lowest BCUT2D eigenvalue weighted by Gasteiger charge is -2.15. The molecule has 1 unspecified atom stereocenters. The van der Waals surface area contributed by atoms with Gasteiger partial charge >= 0.3 is 0 Å². The van der Waals surface area contributed by atoms with Crippen LogP contribution in [0.1, 0.15) is 37.5 Å². The lowest BCUT2D eigenvalue weighted by molar-refractivity contribution is -0.114. The minimum atomic E-state index is -0.446. The Balaban J connectivity index is 3.05. The third-order valence-corrected chi connectivity index (χ3v) is 3.39. The van der Waals surface area contributed by atoms with Crippen molar-refractivity contribution in [2.75, 3.05) is 21.3 Å². The number of rotatable bonds is 10. The third kappa shape index (κ3) is 6.93. The van der Waals surface area contributed by atoms with Crippen molar-refractivity contribution in [1.29, 1.82) is 0 Å². The van der Waals surface area contributed by atoms with Crippen LogP contribution in [0.25, 0.3) is 0 Å². The van der Waals surface area contributed by atoms with Crippen LogP contribution in [0.5, 0.6) is 0 Å². The van der Waals surface area contributed by atoms with E-state index in [1.807, 2.05) is 26.0 Å². The summed E-state index contributed by atoms with van der Waals surface area (Å²) >= 11 is 0. The first kappa shape index (κ1) is 21.9. The Bertz CT molecular complexity index is 741. The molecule has 1 N–H and O–H groups in total. The summed E-state index contributed by atoms with van der Waals surface area (Å²) in [5.74, 6) is -0.365. The highest BCUT2D eigenvalue weighted by molar-refractivity contribution is 6.45. The van der Waals surface area contributed by atoms with Gasteiger partial charge in [0.25, 0.3) is 5.91 Å². The van der Waals surface area contributed by atoms with Crippen molar-refractivity contribution in [2.24, 2.45) is 15.5 Å². The van der Waals surface area contributed by atoms with Crippen molar-refractivity contribution in [3.05, 3.63) is 47.5 Å². The fraction of sp³-hybridized carbons (Fsp3) is 0.368. The Labute approximate surface area is 159 Å². The zero-order valence-electron chi connectivity index (χ0n) is 16.4. The minimum Gasteiger partial charge on any atom is -0.399 e. The largest absolute Gasteiger partial charge is 0.399 e. The molecule has 0 aliphatic rings. The highest BCUT2D eigenvalue weighted by Crippen LogP contribution is 2.22. The normalized spacial score (nSPS) is 13.2. The van der Waals surface area contributed by atoms with Crippen LogP contribution in [-0.2, 0) is 19.3 Å². The van der Waals surface area contributed by atoms with Crippen LogP contribution in [0.4, 0.5) is 0 Å². The van der Waals surface area contributed by atoms with Crippen LogP contribution in [0.15, 0.2) is 51.9 Å². The smallest absolute Gasteiger partial charge is 0.273 e. The van der Waals surface area contributed by atoms with Crippen LogP contribution < -0.4 is 5.32 Å². The van der Waals surface area contributed by atoms with E-state index >= 15 is 0 Å². The van der Waals surface area contributed by atoms with Crippen molar-refractivity contribution in [3.8, 4) is 0 Å². The van der Waals surface area contributed by atoms with Crippen LogP contribution in [0, 0.1) is 0 Å². The summed E-state index contributed by atoms with van der Waals surface area (Å²) in [6.45, 7) is 7.54. The Kier molecular flexibility index (Phi) is 9.28. The number of nitrogens with one attached hydrogen (secondary N) is 1. The highest BCUT2D eigenvalue weighted by atomic mass is 16.6. The van der Waals surface area contributed by atoms with Gasteiger partial charge in [-0.15, -0.1) is 0 Å². The molecule has 8 nitrogen and oxygen atoms in total. The maximum absolute atomic E-state index is 12.1. The molecule has 1 aromatic carbocycles. The van der Waals surface area contributed by atoms with Gasteiger partial charge < -0.3 is 19.8 Å². The van der Waals surface area contributed by atoms with E-state index in [-0.39, 0.29) is 11.6 Å². The first-order valence-electron chi connectivity index (χ1n) is 8.30. The molecule has 27 heavy (non-hydrogen) atoms. The monoisotopic (exact) mass is 374 g/mol. The van der Waals surface area contributed by atoms with E-state index in [2.05, 4.69) is 27.4 Å². The summed E-state index contributed by atoms with van der Waals surface area (Å²) in [5, 5.41) is 14.2. The average Bonchev–Trinajstić information content (AvgIpc) is 2.65. The standard InChI is InChI=1S/C19H26N4O4/c1-13(2)11-15(22-25-5)12-21-27-14(3)16-9-7-8-10-17(16)18(23-26-6)19(24)20-4/h7-10,12,14H,1,11H2,2-6H3,(H,20,24). The van der Waals surface area contributed by atoms with Crippen molar-refractivity contribution < 1.29 is 19.3 Å². The molecule has 0 aliphatic carbocycles. The number of carbonyl (C=O) groups excluding carboxylic acids is 1. The molecule has 8 heteroatoms. The summed E-state index contributed by atoms with van der Waals surface area (Å²) in [6.07, 6.45) is 1.55. The predicted molar refractivity (Wildman–Crippen MR) is 106 cm³/mol.